The second kappa shape index (κ2) is 3.05. The predicted octanol–water partition coefficient (Wildman–Crippen LogP) is -1.39. The number of nitrogens with zero attached hydrogens (tertiary/aromatic N) is 1. The minimum atomic E-state index is -0.710. The Kier molecular flexibility index (Phi) is 2.10. The van der Waals surface area contributed by atoms with Gasteiger partial charge < -0.3 is 0 Å². The van der Waals surface area contributed by atoms with E-state index < -0.39 is 11.8 Å². The number of hydrogen-bond donors (Lipinski definition) is 2. The molecule has 5 nitrogen and oxygen atoms in total. The molecular formula is C7H7N3O2. The molecule has 5 heteroatoms. The van der Waals surface area contributed by atoms with E-state index in [1.165, 1.54) is 0 Å². The van der Waals surface area contributed by atoms with Crippen LogP contribution in [0.1, 0.15) is 6.92 Å². The third-order valence-electron chi connectivity index (χ3n) is 1.23. The monoisotopic (exact) mass is 165 g/mol. The smallest absolute Gasteiger partial charge is 0.288 e. The van der Waals surface area contributed by atoms with Crippen LogP contribution in [-0.2, 0) is 9.59 Å². The highest BCUT2D eigenvalue weighted by atomic mass is 16.2. The number of carbonyl (C=O) groups excluding carboxylic acids is 2. The third kappa shape index (κ3) is 1.61. The summed E-state index contributed by atoms with van der Waals surface area (Å²) in [6.45, 7) is 1.67. The van der Waals surface area contributed by atoms with Crippen molar-refractivity contribution in [2.75, 3.05) is 0 Å². The number of rotatable bonds is 1. The summed E-state index contributed by atoms with van der Waals surface area (Å²) in [7, 11) is 0. The van der Waals surface area contributed by atoms with Crippen molar-refractivity contribution in [1.29, 1.82) is 0 Å². The lowest BCUT2D eigenvalue weighted by Gasteiger charge is -1.97. The summed E-state index contributed by atoms with van der Waals surface area (Å²) in [5.41, 5.74) is 0. The highest BCUT2D eigenvalue weighted by molar-refractivity contribution is 6.45. The molecule has 1 aliphatic rings. The molecule has 0 aromatic carbocycles. The minimum Gasteiger partial charge on any atom is -0.288 e. The molecule has 62 valence electrons. The van der Waals surface area contributed by atoms with E-state index in [9.17, 15) is 9.59 Å². The van der Waals surface area contributed by atoms with Gasteiger partial charge in [-0.25, -0.2) is 4.99 Å². The number of carbonyl (C=O) groups is 2. The maximum atomic E-state index is 10.6. The number of terminal acetylenes is 1. The lowest BCUT2D eigenvalue weighted by atomic mass is 10.4. The Morgan fingerprint density at radius 1 is 1.42 bits per heavy atom. The molecule has 1 saturated heterocycles. The molecule has 0 bridgehead atoms. The zero-order chi connectivity index (χ0) is 9.14. The Bertz CT molecular complexity index is 282. The summed E-state index contributed by atoms with van der Waals surface area (Å²) in [5, 5.41) is 4.45. The van der Waals surface area contributed by atoms with Crippen molar-refractivity contribution in [2.45, 2.75) is 13.0 Å². The van der Waals surface area contributed by atoms with Gasteiger partial charge in [0.25, 0.3) is 0 Å². The van der Waals surface area contributed by atoms with Gasteiger partial charge in [-0.15, -0.1) is 6.42 Å². The second-order valence-corrected chi connectivity index (χ2v) is 2.23. The molecule has 2 amide bonds. The molecule has 1 fully saturated rings. The Hall–Kier alpha value is -1.83. The SMILES string of the molecule is C#CC(C)N=C1NC(=O)C(=O)N1. The zero-order valence-electron chi connectivity index (χ0n) is 6.42. The van der Waals surface area contributed by atoms with Gasteiger partial charge in [0.15, 0.2) is 0 Å². The fraction of sp³-hybridized carbons (Fsp3) is 0.286. The average Bonchev–Trinajstić information content (AvgIpc) is 2.31. The summed E-state index contributed by atoms with van der Waals surface area (Å²) in [6, 6.07) is -0.362. The van der Waals surface area contributed by atoms with E-state index in [1.807, 2.05) is 0 Å². The molecule has 0 radical (unpaired) electrons. The largest absolute Gasteiger partial charge is 0.316 e. The summed E-state index contributed by atoms with van der Waals surface area (Å²) in [6.07, 6.45) is 5.04. The molecule has 1 aliphatic heterocycles. The molecule has 12 heavy (non-hydrogen) atoms. The lowest BCUT2D eigenvalue weighted by Crippen LogP contribution is -2.27. The normalized spacial score (nSPS) is 17.8. The van der Waals surface area contributed by atoms with Gasteiger partial charge in [-0.3, -0.25) is 20.2 Å². The third-order valence-corrected chi connectivity index (χ3v) is 1.23. The molecule has 0 saturated carbocycles. The van der Waals surface area contributed by atoms with Crippen LogP contribution < -0.4 is 10.6 Å². The van der Waals surface area contributed by atoms with Crippen LogP contribution in [0.2, 0.25) is 0 Å². The van der Waals surface area contributed by atoms with Crippen molar-refractivity contribution in [3.63, 3.8) is 0 Å². The first kappa shape index (κ1) is 8.27. The quantitative estimate of drug-likeness (QED) is 0.371. The first-order chi connectivity index (χ1) is 5.63. The maximum absolute atomic E-state index is 10.6. The molecule has 0 aliphatic carbocycles. The summed E-state index contributed by atoms with van der Waals surface area (Å²) < 4.78 is 0. The van der Waals surface area contributed by atoms with Gasteiger partial charge in [-0.2, -0.15) is 0 Å². The van der Waals surface area contributed by atoms with E-state index in [0.717, 1.165) is 0 Å². The van der Waals surface area contributed by atoms with E-state index in [1.54, 1.807) is 6.92 Å². The number of hydrogen-bond acceptors (Lipinski definition) is 3. The molecule has 1 heterocycles. The van der Waals surface area contributed by atoms with Crippen LogP contribution in [0.3, 0.4) is 0 Å². The van der Waals surface area contributed by atoms with Gasteiger partial charge in [0, 0.05) is 0 Å². The first-order valence-corrected chi connectivity index (χ1v) is 3.29. The maximum Gasteiger partial charge on any atom is 0.316 e. The van der Waals surface area contributed by atoms with E-state index >= 15 is 0 Å². The second-order valence-electron chi connectivity index (χ2n) is 2.23. The van der Waals surface area contributed by atoms with E-state index in [0.29, 0.717) is 0 Å². The molecule has 0 spiro atoms. The summed E-state index contributed by atoms with van der Waals surface area (Å²) in [5.74, 6) is 1.03. The summed E-state index contributed by atoms with van der Waals surface area (Å²) >= 11 is 0. The van der Waals surface area contributed by atoms with Gasteiger partial charge in [-0.1, -0.05) is 5.92 Å². The number of aliphatic imine (C=N–C) groups is 1. The van der Waals surface area contributed by atoms with Gasteiger partial charge in [0.2, 0.25) is 5.96 Å². The lowest BCUT2D eigenvalue weighted by molar-refractivity contribution is -0.135. The van der Waals surface area contributed by atoms with Gasteiger partial charge in [-0.05, 0) is 6.92 Å². The van der Waals surface area contributed by atoms with Gasteiger partial charge in [0.05, 0.1) is 0 Å². The number of nitrogens with one attached hydrogen (secondary N) is 2. The molecule has 1 unspecified atom stereocenters. The van der Waals surface area contributed by atoms with Crippen molar-refractivity contribution >= 4 is 17.8 Å². The standard InChI is InChI=1S/C7H7N3O2/c1-3-4(2)8-7-9-5(11)6(12)10-7/h1,4H,2H3,(H2,8,9,10,11,12). The van der Waals surface area contributed by atoms with Crippen molar-refractivity contribution in [2.24, 2.45) is 4.99 Å². The fourth-order valence-corrected chi connectivity index (χ4v) is 0.655. The topological polar surface area (TPSA) is 70.6 Å². The van der Waals surface area contributed by atoms with Crippen molar-refractivity contribution in [3.05, 3.63) is 0 Å². The molecule has 2 N–H and O–H groups in total. The van der Waals surface area contributed by atoms with Gasteiger partial charge >= 0.3 is 11.8 Å². The molecule has 0 aromatic rings. The Morgan fingerprint density at radius 2 is 1.92 bits per heavy atom. The molecular weight excluding hydrogens is 158 g/mol. The molecule has 0 aromatic heterocycles. The first-order valence-electron chi connectivity index (χ1n) is 3.29. The van der Waals surface area contributed by atoms with Gasteiger partial charge in [0.1, 0.15) is 6.04 Å². The summed E-state index contributed by atoms with van der Waals surface area (Å²) in [4.78, 5) is 25.0. The Balaban J connectivity index is 2.70. The van der Waals surface area contributed by atoms with E-state index in [4.69, 9.17) is 6.42 Å². The van der Waals surface area contributed by atoms with E-state index in [2.05, 4.69) is 21.5 Å². The zero-order valence-corrected chi connectivity index (χ0v) is 6.42. The van der Waals surface area contributed by atoms with Crippen LogP contribution in [0.25, 0.3) is 0 Å². The highest BCUT2D eigenvalue weighted by Gasteiger charge is 2.25. The Morgan fingerprint density at radius 3 is 2.33 bits per heavy atom. The van der Waals surface area contributed by atoms with Crippen molar-refractivity contribution in [3.8, 4) is 12.3 Å². The van der Waals surface area contributed by atoms with Crippen LogP contribution in [-0.4, -0.2) is 23.8 Å². The van der Waals surface area contributed by atoms with Crippen LogP contribution in [0.15, 0.2) is 4.99 Å². The van der Waals surface area contributed by atoms with Crippen molar-refractivity contribution in [1.82, 2.24) is 10.6 Å². The van der Waals surface area contributed by atoms with Crippen LogP contribution in [0.4, 0.5) is 0 Å². The Labute approximate surface area is 69.2 Å². The van der Waals surface area contributed by atoms with E-state index in [-0.39, 0.29) is 12.0 Å². The van der Waals surface area contributed by atoms with Crippen LogP contribution >= 0.6 is 0 Å². The predicted molar refractivity (Wildman–Crippen MR) is 42.0 cm³/mol. The van der Waals surface area contributed by atoms with Crippen LogP contribution in [0, 0.1) is 12.3 Å². The molecule has 1 rings (SSSR count). The minimum absolute atomic E-state index is 0.121. The van der Waals surface area contributed by atoms with Crippen molar-refractivity contribution < 1.29 is 9.59 Å². The molecule has 1 atom stereocenters. The fourth-order valence-electron chi connectivity index (χ4n) is 0.655. The van der Waals surface area contributed by atoms with Crippen LogP contribution in [0.5, 0.6) is 0 Å². The number of amides is 2. The highest BCUT2D eigenvalue weighted by Crippen LogP contribution is 1.89. The average molecular weight is 165 g/mol. The number of guanidine groups is 1.